The predicted molar refractivity (Wildman–Crippen MR) is 161 cm³/mol. The average Bonchev–Trinajstić information content (AvgIpc) is 3.07. The van der Waals surface area contributed by atoms with Gasteiger partial charge in [-0.3, -0.25) is 4.79 Å². The van der Waals surface area contributed by atoms with E-state index in [0.717, 1.165) is 62.3 Å². The minimum Gasteiger partial charge on any atom is -0.490 e. The maximum atomic E-state index is 13.3. The number of benzene rings is 2. The molecule has 0 aromatic heterocycles. The van der Waals surface area contributed by atoms with Gasteiger partial charge in [0.05, 0.1) is 23.6 Å². The molecule has 2 aromatic carbocycles. The summed E-state index contributed by atoms with van der Waals surface area (Å²) in [4.78, 5) is 15.7. The molecular formula is C32H41ClN2O5S. The summed E-state index contributed by atoms with van der Waals surface area (Å²) in [6.45, 7) is 3.82. The zero-order valence-electron chi connectivity index (χ0n) is 23.8. The number of hydrogen-bond donors (Lipinski definition) is 2. The second kappa shape index (κ2) is 11.4. The van der Waals surface area contributed by atoms with Gasteiger partial charge in [-0.25, -0.2) is 13.1 Å². The van der Waals surface area contributed by atoms with Gasteiger partial charge in [0.15, 0.2) is 0 Å². The molecule has 2 N–H and O–H groups in total. The largest absolute Gasteiger partial charge is 0.490 e. The van der Waals surface area contributed by atoms with Crippen LogP contribution in [-0.4, -0.2) is 50.5 Å². The van der Waals surface area contributed by atoms with Crippen LogP contribution in [0, 0.1) is 11.8 Å². The van der Waals surface area contributed by atoms with Crippen LogP contribution in [-0.2, 0) is 21.9 Å². The molecule has 222 valence electrons. The van der Waals surface area contributed by atoms with Crippen LogP contribution in [0.2, 0.25) is 5.02 Å². The van der Waals surface area contributed by atoms with Crippen LogP contribution in [0.5, 0.6) is 5.75 Å². The number of nitrogens with zero attached hydrogens (tertiary/aromatic N) is 1. The zero-order valence-corrected chi connectivity index (χ0v) is 25.4. The van der Waals surface area contributed by atoms with Gasteiger partial charge in [0.2, 0.25) is 10.0 Å². The third-order valence-electron chi connectivity index (χ3n) is 10.1. The van der Waals surface area contributed by atoms with Crippen molar-refractivity contribution in [2.75, 3.05) is 24.6 Å². The molecular weight excluding hydrogens is 560 g/mol. The minimum absolute atomic E-state index is 0.223. The molecule has 2 bridgehead atoms. The molecule has 9 heteroatoms. The molecule has 1 fully saturated rings. The van der Waals surface area contributed by atoms with E-state index in [0.29, 0.717) is 49.5 Å². The van der Waals surface area contributed by atoms with Crippen molar-refractivity contribution in [3.63, 3.8) is 0 Å². The molecule has 0 radical (unpaired) electrons. The fourth-order valence-corrected chi connectivity index (χ4v) is 9.31. The molecule has 2 aliphatic carbocycles. The summed E-state index contributed by atoms with van der Waals surface area (Å²) in [6, 6.07) is 11.5. The predicted octanol–water partition coefficient (Wildman–Crippen LogP) is 5.61. The van der Waals surface area contributed by atoms with Gasteiger partial charge >= 0.3 is 0 Å². The molecule has 5 atom stereocenters. The number of hydrogen-bond acceptors (Lipinski definition) is 6. The van der Waals surface area contributed by atoms with Crippen molar-refractivity contribution in [3.05, 3.63) is 58.1 Å². The lowest BCUT2D eigenvalue weighted by atomic mass is 9.68. The van der Waals surface area contributed by atoms with E-state index in [9.17, 15) is 18.3 Å². The van der Waals surface area contributed by atoms with E-state index in [1.807, 2.05) is 19.1 Å². The highest BCUT2D eigenvalue weighted by Gasteiger charge is 2.44. The monoisotopic (exact) mass is 600 g/mol. The number of fused-ring (bicyclic) bond motifs is 4. The number of anilines is 1. The molecule has 4 aliphatic rings. The first-order chi connectivity index (χ1) is 19.7. The van der Waals surface area contributed by atoms with Crippen molar-refractivity contribution >= 4 is 33.2 Å². The molecule has 6 rings (SSSR count). The number of amides is 1. The van der Waals surface area contributed by atoms with Crippen molar-refractivity contribution in [1.29, 1.82) is 0 Å². The fraction of sp³-hybridized carbons (Fsp3) is 0.594. The van der Waals surface area contributed by atoms with Gasteiger partial charge in [-0.15, -0.1) is 0 Å². The quantitative estimate of drug-likeness (QED) is 0.442. The second-order valence-corrected chi connectivity index (χ2v) is 15.0. The number of aryl methyl sites for hydroxylation is 1. The van der Waals surface area contributed by atoms with Gasteiger partial charge in [0.1, 0.15) is 5.75 Å². The highest BCUT2D eigenvalue weighted by Crippen LogP contribution is 2.47. The summed E-state index contributed by atoms with van der Waals surface area (Å²) in [5, 5.41) is 11.3. The second-order valence-electron chi connectivity index (χ2n) is 12.6. The molecule has 0 saturated heterocycles. The third kappa shape index (κ3) is 5.59. The first-order valence-corrected chi connectivity index (χ1v) is 17.2. The number of halogens is 1. The number of aliphatic hydroxyl groups is 1. The summed E-state index contributed by atoms with van der Waals surface area (Å²) in [6.07, 6.45) is 7.72. The minimum atomic E-state index is -3.84. The van der Waals surface area contributed by atoms with E-state index < -0.39 is 27.3 Å². The Hall–Kier alpha value is -2.29. The lowest BCUT2D eigenvalue weighted by molar-refractivity contribution is 0.00903. The Labute approximate surface area is 248 Å². The summed E-state index contributed by atoms with van der Waals surface area (Å²) >= 11 is 6.38. The highest BCUT2D eigenvalue weighted by molar-refractivity contribution is 7.90. The van der Waals surface area contributed by atoms with E-state index in [2.05, 4.69) is 21.8 Å². The van der Waals surface area contributed by atoms with Gasteiger partial charge < -0.3 is 14.7 Å². The Balaban J connectivity index is 1.41. The van der Waals surface area contributed by atoms with E-state index in [1.165, 1.54) is 11.1 Å². The summed E-state index contributed by atoms with van der Waals surface area (Å²) in [5.74, 6) is 0.662. The van der Waals surface area contributed by atoms with Crippen molar-refractivity contribution in [2.24, 2.45) is 11.8 Å². The first-order valence-electron chi connectivity index (χ1n) is 15.2. The van der Waals surface area contributed by atoms with E-state index >= 15 is 0 Å². The van der Waals surface area contributed by atoms with E-state index in [1.54, 1.807) is 12.1 Å². The molecule has 41 heavy (non-hydrogen) atoms. The van der Waals surface area contributed by atoms with E-state index in [4.69, 9.17) is 16.3 Å². The van der Waals surface area contributed by atoms with Crippen molar-refractivity contribution in [2.45, 2.75) is 87.9 Å². The normalized spacial score (nSPS) is 31.6. The molecule has 2 aliphatic heterocycles. The number of sulfonamides is 1. The van der Waals surface area contributed by atoms with Crippen LogP contribution in [0.3, 0.4) is 0 Å². The Morgan fingerprint density at radius 2 is 1.93 bits per heavy atom. The van der Waals surface area contributed by atoms with Gasteiger partial charge in [0, 0.05) is 29.1 Å². The Morgan fingerprint density at radius 1 is 1.10 bits per heavy atom. The maximum absolute atomic E-state index is 13.3. The number of nitrogens with one attached hydrogen (secondary N) is 1. The topological polar surface area (TPSA) is 95.9 Å². The van der Waals surface area contributed by atoms with Gasteiger partial charge in [-0.1, -0.05) is 37.4 Å². The van der Waals surface area contributed by atoms with Crippen LogP contribution in [0.15, 0.2) is 36.4 Å². The van der Waals surface area contributed by atoms with Crippen molar-refractivity contribution < 1.29 is 23.1 Å². The fourth-order valence-electron chi connectivity index (χ4n) is 7.66. The smallest absolute Gasteiger partial charge is 0.264 e. The summed E-state index contributed by atoms with van der Waals surface area (Å²) in [7, 11) is -3.84. The van der Waals surface area contributed by atoms with Gasteiger partial charge in [-0.05, 0) is 105 Å². The Bertz CT molecular complexity index is 1410. The van der Waals surface area contributed by atoms with Gasteiger partial charge in [0.25, 0.3) is 5.91 Å². The van der Waals surface area contributed by atoms with Crippen molar-refractivity contribution in [3.8, 4) is 5.75 Å². The molecule has 1 spiro atoms. The number of aliphatic hydroxyl groups excluding tert-OH is 1. The third-order valence-corrected chi connectivity index (χ3v) is 12.3. The molecule has 1 saturated carbocycles. The molecule has 7 nitrogen and oxygen atoms in total. The number of ether oxygens (including phenoxy) is 1. The first kappa shape index (κ1) is 28.8. The van der Waals surface area contributed by atoms with E-state index in [-0.39, 0.29) is 11.3 Å². The number of rotatable bonds is 1. The van der Waals surface area contributed by atoms with Gasteiger partial charge in [-0.2, -0.15) is 0 Å². The molecule has 2 aromatic rings. The highest BCUT2D eigenvalue weighted by atomic mass is 35.5. The van der Waals surface area contributed by atoms with Crippen LogP contribution in [0.4, 0.5) is 5.69 Å². The summed E-state index contributed by atoms with van der Waals surface area (Å²) in [5.41, 5.74) is 3.41. The maximum Gasteiger partial charge on any atom is 0.264 e. The number of carbonyl (C=O) groups excluding carboxylic acids is 1. The lowest BCUT2D eigenvalue weighted by Crippen LogP contribution is -2.49. The number of carbonyl (C=O) groups is 1. The van der Waals surface area contributed by atoms with Crippen LogP contribution in [0.25, 0.3) is 0 Å². The average molecular weight is 601 g/mol. The molecule has 0 unspecified atom stereocenters. The SMILES string of the molecule is CC[C@@H]1CCCC[C@@H](O)[C@@H]2CC[C@H]2CN2C[C@@]3(CCCc4cc(Cl)ccc43)COc3ccc(cc32)C(=O)NS1(=O)=O. The standard InChI is InChI=1S/C32H41ClN2O5S/c1-2-25-7-3-4-8-29(36)26-12-9-23(26)18-35-19-32(15-5-6-21-16-24(33)11-13-27(21)32)20-40-30-14-10-22(17-28(30)35)31(37)34-41(25,38)39/h10-11,13-14,16-17,23,25-26,29,36H,2-9,12,15,18-20H2,1H3,(H,34,37)/t23-,25+,26+,29+,32-/m0/s1. The lowest BCUT2D eigenvalue weighted by Gasteiger charge is -2.45. The molecule has 2 heterocycles. The summed E-state index contributed by atoms with van der Waals surface area (Å²) < 4.78 is 35.2. The Kier molecular flexibility index (Phi) is 8.02. The van der Waals surface area contributed by atoms with Crippen molar-refractivity contribution in [1.82, 2.24) is 4.72 Å². The van der Waals surface area contributed by atoms with Crippen LogP contribution >= 0.6 is 11.6 Å². The van der Waals surface area contributed by atoms with Crippen LogP contribution < -0.4 is 14.4 Å². The molecule has 1 amide bonds. The zero-order chi connectivity index (χ0) is 28.8. The van der Waals surface area contributed by atoms with Crippen LogP contribution in [0.1, 0.15) is 86.2 Å². The Morgan fingerprint density at radius 3 is 2.71 bits per heavy atom.